The predicted molar refractivity (Wildman–Crippen MR) is 128 cm³/mol. The van der Waals surface area contributed by atoms with E-state index in [1.165, 1.54) is 6.33 Å². The molecule has 4 rings (SSSR count). The van der Waals surface area contributed by atoms with E-state index in [0.717, 1.165) is 48.8 Å². The van der Waals surface area contributed by atoms with Crippen molar-refractivity contribution in [2.45, 2.75) is 12.8 Å². The molecule has 0 bridgehead atoms. The lowest BCUT2D eigenvalue weighted by atomic mass is 9.96. The molecule has 1 saturated heterocycles. The summed E-state index contributed by atoms with van der Waals surface area (Å²) >= 11 is 0. The van der Waals surface area contributed by atoms with Crippen molar-refractivity contribution in [1.29, 1.82) is 5.41 Å². The van der Waals surface area contributed by atoms with E-state index < -0.39 is 0 Å². The molecule has 3 aromatic rings. The second kappa shape index (κ2) is 9.93. The monoisotopic (exact) mass is 434 g/mol. The molecule has 0 spiro atoms. The molecule has 0 radical (unpaired) electrons. The number of nitrogens with zero attached hydrogens (tertiary/aromatic N) is 3. The van der Waals surface area contributed by atoms with Gasteiger partial charge in [0.15, 0.2) is 0 Å². The molecular weight excluding hydrogens is 404 g/mol. The van der Waals surface area contributed by atoms with Gasteiger partial charge >= 0.3 is 0 Å². The molecular formula is C24H30N6O2. The molecule has 0 amide bonds. The Balaban J connectivity index is 1.55. The minimum Gasteiger partial charge on any atom is -0.491 e. The summed E-state index contributed by atoms with van der Waals surface area (Å²) in [4.78, 5) is 10.9. The van der Waals surface area contributed by atoms with Crippen LogP contribution in [-0.2, 0) is 0 Å². The molecule has 1 aliphatic heterocycles. The van der Waals surface area contributed by atoms with E-state index in [0.29, 0.717) is 28.9 Å². The van der Waals surface area contributed by atoms with Gasteiger partial charge in [0.25, 0.3) is 0 Å². The normalized spacial score (nSPS) is 15.1. The van der Waals surface area contributed by atoms with Crippen molar-refractivity contribution >= 4 is 28.1 Å². The number of aliphatic hydroxyl groups excluding tert-OH is 1. The third-order valence-corrected chi connectivity index (χ3v) is 5.98. The van der Waals surface area contributed by atoms with Crippen LogP contribution in [-0.4, -0.2) is 65.6 Å². The molecule has 8 nitrogen and oxygen atoms in total. The molecule has 1 aliphatic rings. The first-order valence-corrected chi connectivity index (χ1v) is 10.9. The van der Waals surface area contributed by atoms with Crippen molar-refractivity contribution in [2.24, 2.45) is 5.92 Å². The van der Waals surface area contributed by atoms with Crippen LogP contribution in [0.1, 0.15) is 24.0 Å². The number of anilines is 2. The van der Waals surface area contributed by atoms with E-state index in [1.54, 1.807) is 0 Å². The summed E-state index contributed by atoms with van der Waals surface area (Å²) in [5, 5.41) is 23.2. The Kier molecular flexibility index (Phi) is 6.82. The molecule has 0 saturated carbocycles. The molecule has 1 fully saturated rings. The highest BCUT2D eigenvalue weighted by Crippen LogP contribution is 2.27. The number of hydrogen-bond donors (Lipinski definition) is 4. The van der Waals surface area contributed by atoms with E-state index in [9.17, 15) is 0 Å². The van der Waals surface area contributed by atoms with E-state index in [-0.39, 0.29) is 18.9 Å². The van der Waals surface area contributed by atoms with Crippen molar-refractivity contribution < 1.29 is 9.84 Å². The average molecular weight is 435 g/mol. The molecule has 32 heavy (non-hydrogen) atoms. The SMILES string of the molecule is CN1CCC(CNc2ncnc(N)c2C(=N)c2ccc3cc(OCCO)ccc3c2)CC1. The van der Waals surface area contributed by atoms with Crippen LogP contribution in [0.3, 0.4) is 0 Å². The topological polar surface area (TPSA) is 120 Å². The fourth-order valence-electron chi connectivity index (χ4n) is 4.06. The molecule has 1 aromatic heterocycles. The Morgan fingerprint density at radius 3 is 2.72 bits per heavy atom. The van der Waals surface area contributed by atoms with Gasteiger partial charge in [-0.2, -0.15) is 0 Å². The highest BCUT2D eigenvalue weighted by molar-refractivity contribution is 6.17. The van der Waals surface area contributed by atoms with Crippen LogP contribution < -0.4 is 15.8 Å². The first kappa shape index (κ1) is 22.0. The van der Waals surface area contributed by atoms with Gasteiger partial charge in [0.1, 0.15) is 30.3 Å². The number of nitrogens with one attached hydrogen (secondary N) is 2. The molecule has 0 aliphatic carbocycles. The Bertz CT molecular complexity index is 1100. The maximum atomic E-state index is 8.94. The summed E-state index contributed by atoms with van der Waals surface area (Å²) in [7, 11) is 2.15. The van der Waals surface area contributed by atoms with Crippen molar-refractivity contribution in [3.05, 3.63) is 53.9 Å². The standard InChI is InChI=1S/C24H30N6O2/c1-30-8-6-16(7-9-30)14-27-24-21(23(26)28-15-29-24)22(25)19-3-2-18-13-20(32-11-10-31)5-4-17(18)12-19/h2-5,12-13,15-16,25,31H,6-11,14H2,1H3,(H3,26,27,28,29). The summed E-state index contributed by atoms with van der Waals surface area (Å²) in [5.74, 6) is 2.18. The number of nitrogens with two attached hydrogens (primary N) is 1. The number of aromatic nitrogens is 2. The molecule has 8 heteroatoms. The summed E-state index contributed by atoms with van der Waals surface area (Å²) in [6.45, 7) is 3.24. The zero-order chi connectivity index (χ0) is 22.5. The van der Waals surface area contributed by atoms with Gasteiger partial charge in [-0.1, -0.05) is 18.2 Å². The number of benzene rings is 2. The van der Waals surface area contributed by atoms with Crippen molar-refractivity contribution in [2.75, 3.05) is 50.9 Å². The Labute approximate surface area is 187 Å². The number of piperidine rings is 1. The lowest BCUT2D eigenvalue weighted by Gasteiger charge is -2.29. The second-order valence-electron chi connectivity index (χ2n) is 8.28. The summed E-state index contributed by atoms with van der Waals surface area (Å²) in [6.07, 6.45) is 3.73. The number of rotatable bonds is 8. The van der Waals surface area contributed by atoms with E-state index >= 15 is 0 Å². The second-order valence-corrected chi connectivity index (χ2v) is 8.28. The van der Waals surface area contributed by atoms with E-state index in [2.05, 4.69) is 27.2 Å². The Morgan fingerprint density at radius 1 is 1.19 bits per heavy atom. The molecule has 2 aromatic carbocycles. The van der Waals surface area contributed by atoms with Crippen LogP contribution in [0.4, 0.5) is 11.6 Å². The third-order valence-electron chi connectivity index (χ3n) is 5.98. The maximum absolute atomic E-state index is 8.94. The number of aliphatic hydroxyl groups is 1. The van der Waals surface area contributed by atoms with E-state index in [1.807, 2.05) is 36.4 Å². The zero-order valence-electron chi connectivity index (χ0n) is 18.3. The average Bonchev–Trinajstić information content (AvgIpc) is 2.81. The van der Waals surface area contributed by atoms with Gasteiger partial charge in [0, 0.05) is 12.1 Å². The fourth-order valence-corrected chi connectivity index (χ4v) is 4.06. The van der Waals surface area contributed by atoms with Crippen LogP contribution in [0.15, 0.2) is 42.7 Å². The number of fused-ring (bicyclic) bond motifs is 1. The van der Waals surface area contributed by atoms with Gasteiger partial charge in [-0.3, -0.25) is 5.41 Å². The first-order chi connectivity index (χ1) is 15.5. The lowest BCUT2D eigenvalue weighted by molar-refractivity contribution is 0.201. The van der Waals surface area contributed by atoms with Gasteiger partial charge in [-0.15, -0.1) is 0 Å². The van der Waals surface area contributed by atoms with Gasteiger partial charge < -0.3 is 25.8 Å². The van der Waals surface area contributed by atoms with Crippen molar-refractivity contribution in [3.8, 4) is 5.75 Å². The van der Waals surface area contributed by atoms with Crippen LogP contribution in [0.5, 0.6) is 5.75 Å². The number of likely N-dealkylation sites (tertiary alicyclic amines) is 1. The first-order valence-electron chi connectivity index (χ1n) is 10.9. The maximum Gasteiger partial charge on any atom is 0.141 e. The van der Waals surface area contributed by atoms with E-state index in [4.69, 9.17) is 21.0 Å². The van der Waals surface area contributed by atoms with Gasteiger partial charge in [-0.05, 0) is 67.9 Å². The van der Waals surface area contributed by atoms with Crippen LogP contribution in [0.25, 0.3) is 10.8 Å². The van der Waals surface area contributed by atoms with Crippen LogP contribution in [0, 0.1) is 11.3 Å². The molecule has 168 valence electrons. The van der Waals surface area contributed by atoms with Gasteiger partial charge in [0.2, 0.25) is 0 Å². The number of hydrogen-bond acceptors (Lipinski definition) is 8. The third kappa shape index (κ3) is 4.98. The summed E-state index contributed by atoms with van der Waals surface area (Å²) < 4.78 is 5.49. The highest BCUT2D eigenvalue weighted by Gasteiger charge is 2.20. The Hall–Kier alpha value is -3.23. The van der Waals surface area contributed by atoms with Crippen molar-refractivity contribution in [3.63, 3.8) is 0 Å². The predicted octanol–water partition coefficient (Wildman–Crippen LogP) is 2.75. The van der Waals surface area contributed by atoms with Gasteiger partial charge in [0.05, 0.1) is 17.9 Å². The van der Waals surface area contributed by atoms with Gasteiger partial charge in [-0.25, -0.2) is 9.97 Å². The molecule has 2 heterocycles. The minimum atomic E-state index is -0.0249. The van der Waals surface area contributed by atoms with Crippen LogP contribution >= 0.6 is 0 Å². The van der Waals surface area contributed by atoms with Crippen molar-refractivity contribution in [1.82, 2.24) is 14.9 Å². The summed E-state index contributed by atoms with van der Waals surface area (Å²) in [6, 6.07) is 11.5. The smallest absolute Gasteiger partial charge is 0.141 e. The fraction of sp³-hybridized carbons (Fsp3) is 0.375. The minimum absolute atomic E-state index is 0.0249. The molecule has 0 unspecified atom stereocenters. The summed E-state index contributed by atoms with van der Waals surface area (Å²) in [5.41, 5.74) is 7.75. The lowest BCUT2D eigenvalue weighted by Crippen LogP contribution is -2.33. The molecule has 0 atom stereocenters. The van der Waals surface area contributed by atoms with Crippen LogP contribution in [0.2, 0.25) is 0 Å². The Morgan fingerprint density at radius 2 is 1.94 bits per heavy atom. The number of nitrogen functional groups attached to an aromatic ring is 1. The quantitative estimate of drug-likeness (QED) is 0.402. The number of ether oxygens (including phenoxy) is 1. The largest absolute Gasteiger partial charge is 0.491 e. The molecule has 5 N–H and O–H groups in total. The highest BCUT2D eigenvalue weighted by atomic mass is 16.5. The zero-order valence-corrected chi connectivity index (χ0v) is 18.3.